The van der Waals surface area contributed by atoms with Crippen molar-refractivity contribution in [3.63, 3.8) is 0 Å². The third-order valence-corrected chi connectivity index (χ3v) is 4.76. The van der Waals surface area contributed by atoms with Gasteiger partial charge >= 0.3 is 0 Å². The first-order chi connectivity index (χ1) is 9.66. The van der Waals surface area contributed by atoms with Gasteiger partial charge in [0.25, 0.3) is 0 Å². The SMILES string of the molecule is CC(c1ccccc1)c1cccc2sc(C(=N)N)cc12. The Morgan fingerprint density at radius 3 is 2.55 bits per heavy atom. The minimum atomic E-state index is 0.143. The highest BCUT2D eigenvalue weighted by Gasteiger charge is 2.14. The molecule has 2 aromatic carbocycles. The number of hydrogen-bond acceptors (Lipinski definition) is 2. The van der Waals surface area contributed by atoms with Crippen LogP contribution in [-0.4, -0.2) is 5.84 Å². The number of nitrogen functional groups attached to an aromatic ring is 1. The zero-order valence-corrected chi connectivity index (χ0v) is 12.1. The second-order valence-electron chi connectivity index (χ2n) is 4.92. The van der Waals surface area contributed by atoms with Crippen LogP contribution in [0, 0.1) is 5.41 Å². The lowest BCUT2D eigenvalue weighted by molar-refractivity contribution is 0.933. The van der Waals surface area contributed by atoms with Gasteiger partial charge in [0.15, 0.2) is 0 Å². The quantitative estimate of drug-likeness (QED) is 0.544. The Hall–Kier alpha value is -2.13. The van der Waals surface area contributed by atoms with Crippen LogP contribution in [0.5, 0.6) is 0 Å². The van der Waals surface area contributed by atoms with Gasteiger partial charge < -0.3 is 5.73 Å². The van der Waals surface area contributed by atoms with Gasteiger partial charge in [-0.05, 0) is 28.6 Å². The summed E-state index contributed by atoms with van der Waals surface area (Å²) in [5, 5.41) is 8.81. The lowest BCUT2D eigenvalue weighted by Crippen LogP contribution is -2.08. The summed E-state index contributed by atoms with van der Waals surface area (Å²) in [6.07, 6.45) is 0. The van der Waals surface area contributed by atoms with Gasteiger partial charge in [0, 0.05) is 10.6 Å². The molecule has 0 saturated carbocycles. The van der Waals surface area contributed by atoms with Crippen molar-refractivity contribution in [2.75, 3.05) is 0 Å². The largest absolute Gasteiger partial charge is 0.383 e. The highest BCUT2D eigenvalue weighted by atomic mass is 32.1. The molecule has 0 radical (unpaired) electrons. The van der Waals surface area contributed by atoms with Crippen molar-refractivity contribution < 1.29 is 0 Å². The molecule has 100 valence electrons. The number of hydrogen-bond donors (Lipinski definition) is 2. The molecule has 20 heavy (non-hydrogen) atoms. The predicted octanol–water partition coefficient (Wildman–Crippen LogP) is 4.34. The smallest absolute Gasteiger partial charge is 0.133 e. The molecule has 1 unspecified atom stereocenters. The normalized spacial score (nSPS) is 12.4. The maximum Gasteiger partial charge on any atom is 0.133 e. The fourth-order valence-electron chi connectivity index (χ4n) is 2.52. The molecule has 0 aliphatic rings. The molecule has 0 fully saturated rings. The first kappa shape index (κ1) is 12.9. The molecule has 0 aliphatic heterocycles. The Kier molecular flexibility index (Phi) is 3.28. The summed E-state index contributed by atoms with van der Waals surface area (Å²) >= 11 is 1.58. The Morgan fingerprint density at radius 2 is 1.85 bits per heavy atom. The second kappa shape index (κ2) is 5.10. The fraction of sp³-hybridized carbons (Fsp3) is 0.118. The van der Waals surface area contributed by atoms with Crippen molar-refractivity contribution in [1.29, 1.82) is 5.41 Å². The average molecular weight is 280 g/mol. The van der Waals surface area contributed by atoms with Gasteiger partial charge in [0.2, 0.25) is 0 Å². The van der Waals surface area contributed by atoms with Crippen LogP contribution >= 0.6 is 11.3 Å². The van der Waals surface area contributed by atoms with E-state index in [9.17, 15) is 0 Å². The molecule has 2 nitrogen and oxygen atoms in total. The van der Waals surface area contributed by atoms with E-state index in [1.54, 1.807) is 11.3 Å². The van der Waals surface area contributed by atoms with Crippen LogP contribution in [0.15, 0.2) is 54.6 Å². The molecule has 3 heteroatoms. The third-order valence-electron chi connectivity index (χ3n) is 3.63. The number of rotatable bonds is 3. The summed E-state index contributed by atoms with van der Waals surface area (Å²) in [6, 6.07) is 18.9. The molecule has 0 amide bonds. The van der Waals surface area contributed by atoms with Crippen LogP contribution in [-0.2, 0) is 0 Å². The maximum absolute atomic E-state index is 7.60. The number of nitrogens with two attached hydrogens (primary N) is 1. The van der Waals surface area contributed by atoms with Gasteiger partial charge in [0.05, 0.1) is 4.88 Å². The predicted molar refractivity (Wildman–Crippen MR) is 86.8 cm³/mol. The molecule has 1 aromatic heterocycles. The van der Waals surface area contributed by atoms with Crippen molar-refractivity contribution in [3.05, 3.63) is 70.6 Å². The topological polar surface area (TPSA) is 49.9 Å². The van der Waals surface area contributed by atoms with Crippen LogP contribution < -0.4 is 5.73 Å². The van der Waals surface area contributed by atoms with E-state index in [0.29, 0.717) is 5.92 Å². The third kappa shape index (κ3) is 2.21. The highest BCUT2D eigenvalue weighted by Crippen LogP contribution is 2.34. The zero-order chi connectivity index (χ0) is 14.1. The van der Waals surface area contributed by atoms with E-state index >= 15 is 0 Å². The second-order valence-corrected chi connectivity index (χ2v) is 6.00. The summed E-state index contributed by atoms with van der Waals surface area (Å²) in [6.45, 7) is 2.22. The number of nitrogens with one attached hydrogen (secondary N) is 1. The van der Waals surface area contributed by atoms with Gasteiger partial charge in [-0.25, -0.2) is 0 Å². The molecule has 3 N–H and O–H groups in total. The molecule has 0 aliphatic carbocycles. The van der Waals surface area contributed by atoms with Crippen LogP contribution in [0.3, 0.4) is 0 Å². The van der Waals surface area contributed by atoms with E-state index in [1.807, 2.05) is 12.1 Å². The molecule has 3 rings (SSSR count). The number of benzene rings is 2. The molecule has 0 bridgehead atoms. The van der Waals surface area contributed by atoms with Crippen LogP contribution in [0.4, 0.5) is 0 Å². The van der Waals surface area contributed by atoms with Crippen LogP contribution in [0.2, 0.25) is 0 Å². The van der Waals surface area contributed by atoms with Crippen molar-refractivity contribution in [1.82, 2.24) is 0 Å². The number of amidine groups is 1. The van der Waals surface area contributed by atoms with Crippen molar-refractivity contribution in [2.45, 2.75) is 12.8 Å². The summed E-state index contributed by atoms with van der Waals surface area (Å²) < 4.78 is 1.19. The van der Waals surface area contributed by atoms with Gasteiger partial charge in [-0.3, -0.25) is 5.41 Å². The van der Waals surface area contributed by atoms with Crippen molar-refractivity contribution >= 4 is 27.3 Å². The van der Waals surface area contributed by atoms with E-state index in [-0.39, 0.29) is 5.84 Å². The van der Waals surface area contributed by atoms with Crippen LogP contribution in [0.1, 0.15) is 28.8 Å². The van der Waals surface area contributed by atoms with Crippen LogP contribution in [0.25, 0.3) is 10.1 Å². The monoisotopic (exact) mass is 280 g/mol. The number of thiophene rings is 1. The Bertz CT molecular complexity index is 759. The lowest BCUT2D eigenvalue weighted by Gasteiger charge is -2.13. The van der Waals surface area contributed by atoms with E-state index in [1.165, 1.54) is 21.2 Å². The summed E-state index contributed by atoms with van der Waals surface area (Å²) in [4.78, 5) is 0.840. The first-order valence-corrected chi connectivity index (χ1v) is 7.40. The van der Waals surface area contributed by atoms with Crippen molar-refractivity contribution in [3.8, 4) is 0 Å². The average Bonchev–Trinajstić information content (AvgIpc) is 2.91. The van der Waals surface area contributed by atoms with Gasteiger partial charge in [0.1, 0.15) is 5.84 Å². The standard InChI is InChI=1S/C17H16N2S/c1-11(12-6-3-2-4-7-12)13-8-5-9-15-14(13)10-16(20-15)17(18)19/h2-11H,1H3,(H3,18,19). The minimum Gasteiger partial charge on any atom is -0.383 e. The van der Waals surface area contributed by atoms with Gasteiger partial charge in [-0.1, -0.05) is 49.4 Å². The van der Waals surface area contributed by atoms with Crippen molar-refractivity contribution in [2.24, 2.45) is 5.73 Å². The summed E-state index contributed by atoms with van der Waals surface area (Å²) in [5.41, 5.74) is 8.20. The molecule has 3 aromatic rings. The maximum atomic E-state index is 7.60. The van der Waals surface area contributed by atoms with E-state index in [4.69, 9.17) is 11.1 Å². The zero-order valence-electron chi connectivity index (χ0n) is 11.3. The fourth-order valence-corrected chi connectivity index (χ4v) is 3.47. The molecule has 0 spiro atoms. The molecular weight excluding hydrogens is 264 g/mol. The first-order valence-electron chi connectivity index (χ1n) is 6.58. The van der Waals surface area contributed by atoms with Gasteiger partial charge in [-0.2, -0.15) is 0 Å². The Morgan fingerprint density at radius 1 is 1.10 bits per heavy atom. The van der Waals surface area contributed by atoms with E-state index < -0.39 is 0 Å². The summed E-state index contributed by atoms with van der Waals surface area (Å²) in [5.74, 6) is 0.471. The molecule has 0 saturated heterocycles. The Labute approximate surface area is 122 Å². The molecule has 1 heterocycles. The highest BCUT2D eigenvalue weighted by molar-refractivity contribution is 7.20. The number of fused-ring (bicyclic) bond motifs is 1. The Balaban J connectivity index is 2.14. The molecular formula is C17H16N2S. The van der Waals surface area contributed by atoms with E-state index in [0.717, 1.165) is 4.88 Å². The van der Waals surface area contributed by atoms with Gasteiger partial charge in [-0.15, -0.1) is 11.3 Å². The lowest BCUT2D eigenvalue weighted by atomic mass is 9.91. The van der Waals surface area contributed by atoms with E-state index in [2.05, 4.69) is 49.4 Å². The molecule has 1 atom stereocenters. The minimum absolute atomic E-state index is 0.143. The summed E-state index contributed by atoms with van der Waals surface area (Å²) in [7, 11) is 0.